The molecule has 0 aliphatic rings. The van der Waals surface area contributed by atoms with Crippen LogP contribution >= 0.6 is 0 Å². The monoisotopic (exact) mass is 142 g/mol. The summed E-state index contributed by atoms with van der Waals surface area (Å²) in [4.78, 5) is 3.72. The maximum atomic E-state index is 8.84. The molecular formula is C6H6O4. The molecule has 0 spiro atoms. The van der Waals surface area contributed by atoms with Crippen molar-refractivity contribution in [1.82, 2.24) is 0 Å². The highest BCUT2D eigenvalue weighted by atomic mass is 17.1. The van der Waals surface area contributed by atoms with Crippen LogP contribution in [0, 0.1) is 0 Å². The average molecular weight is 142 g/mol. The quantitative estimate of drug-likeness (QED) is 0.310. The lowest BCUT2D eigenvalue weighted by molar-refractivity contribution is -0.139. The van der Waals surface area contributed by atoms with Crippen molar-refractivity contribution in [2.24, 2.45) is 0 Å². The van der Waals surface area contributed by atoms with Gasteiger partial charge in [-0.05, 0) is 12.1 Å². The zero-order valence-electron chi connectivity index (χ0n) is 4.98. The van der Waals surface area contributed by atoms with Crippen molar-refractivity contribution in [3.05, 3.63) is 18.2 Å². The molecule has 1 rings (SSSR count). The number of rotatable bonds is 1. The van der Waals surface area contributed by atoms with Gasteiger partial charge in [0.05, 0.1) is 0 Å². The Morgan fingerprint density at radius 1 is 1.20 bits per heavy atom. The summed E-state index contributed by atoms with van der Waals surface area (Å²) < 4.78 is 0. The van der Waals surface area contributed by atoms with Gasteiger partial charge in [-0.15, -0.1) is 0 Å². The molecule has 0 atom stereocenters. The summed E-state index contributed by atoms with van der Waals surface area (Å²) in [5, 5.41) is 25.7. The Bertz CT molecular complexity index is 233. The van der Waals surface area contributed by atoms with E-state index in [1.807, 2.05) is 0 Å². The molecule has 4 nitrogen and oxygen atoms in total. The van der Waals surface area contributed by atoms with Crippen molar-refractivity contribution in [2.45, 2.75) is 0 Å². The number of hydrogen-bond donors (Lipinski definition) is 3. The van der Waals surface area contributed by atoms with Crippen molar-refractivity contribution in [2.75, 3.05) is 0 Å². The van der Waals surface area contributed by atoms with Crippen molar-refractivity contribution >= 4 is 0 Å². The van der Waals surface area contributed by atoms with Gasteiger partial charge >= 0.3 is 0 Å². The summed E-state index contributed by atoms with van der Waals surface area (Å²) in [5.74, 6) is -0.470. The van der Waals surface area contributed by atoms with Gasteiger partial charge in [-0.25, -0.2) is 5.26 Å². The van der Waals surface area contributed by atoms with Crippen LogP contribution in [0.15, 0.2) is 18.2 Å². The fraction of sp³-hybridized carbons (Fsp3) is 0. The Hall–Kier alpha value is -1.42. The van der Waals surface area contributed by atoms with E-state index in [1.165, 1.54) is 12.1 Å². The van der Waals surface area contributed by atoms with Gasteiger partial charge in [-0.3, -0.25) is 0 Å². The molecule has 1 aromatic carbocycles. The van der Waals surface area contributed by atoms with E-state index in [0.29, 0.717) is 0 Å². The molecule has 0 bridgehead atoms. The molecule has 3 N–H and O–H groups in total. The van der Waals surface area contributed by atoms with Gasteiger partial charge < -0.3 is 15.1 Å². The van der Waals surface area contributed by atoms with Crippen molar-refractivity contribution < 1.29 is 20.4 Å². The SMILES string of the molecule is OOc1cc(O)ccc1O. The van der Waals surface area contributed by atoms with Gasteiger partial charge in [-0.1, -0.05) is 0 Å². The molecule has 54 valence electrons. The Morgan fingerprint density at radius 2 is 1.90 bits per heavy atom. The first-order valence-electron chi connectivity index (χ1n) is 2.57. The molecule has 0 aliphatic carbocycles. The minimum atomic E-state index is -0.222. The molecule has 1 aromatic rings. The first-order valence-corrected chi connectivity index (χ1v) is 2.57. The van der Waals surface area contributed by atoms with E-state index in [-0.39, 0.29) is 17.2 Å². The molecule has 10 heavy (non-hydrogen) atoms. The van der Waals surface area contributed by atoms with Gasteiger partial charge in [-0.2, -0.15) is 0 Å². The molecule has 0 aromatic heterocycles. The molecule has 0 saturated carbocycles. The van der Waals surface area contributed by atoms with Gasteiger partial charge in [0, 0.05) is 6.07 Å². The number of phenols is 2. The molecule has 0 saturated heterocycles. The first-order chi connectivity index (χ1) is 4.74. The van der Waals surface area contributed by atoms with Crippen LogP contribution in [0.5, 0.6) is 17.2 Å². The van der Waals surface area contributed by atoms with E-state index in [4.69, 9.17) is 15.5 Å². The zero-order valence-corrected chi connectivity index (χ0v) is 4.98. The smallest absolute Gasteiger partial charge is 0.210 e. The molecular weight excluding hydrogens is 136 g/mol. The lowest BCUT2D eigenvalue weighted by Gasteiger charge is -1.98. The number of aromatic hydroxyl groups is 2. The normalized spacial score (nSPS) is 9.30. The largest absolute Gasteiger partial charge is 0.508 e. The third kappa shape index (κ3) is 1.11. The van der Waals surface area contributed by atoms with Crippen molar-refractivity contribution in [1.29, 1.82) is 0 Å². The Kier molecular flexibility index (Phi) is 1.64. The van der Waals surface area contributed by atoms with E-state index < -0.39 is 0 Å². The van der Waals surface area contributed by atoms with Crippen LogP contribution in [0.3, 0.4) is 0 Å². The van der Waals surface area contributed by atoms with E-state index >= 15 is 0 Å². The Morgan fingerprint density at radius 3 is 2.40 bits per heavy atom. The van der Waals surface area contributed by atoms with E-state index in [2.05, 4.69) is 4.89 Å². The van der Waals surface area contributed by atoms with Crippen LogP contribution in [0.2, 0.25) is 0 Å². The highest BCUT2D eigenvalue weighted by Crippen LogP contribution is 2.28. The molecule has 0 unspecified atom stereocenters. The number of benzene rings is 1. The van der Waals surface area contributed by atoms with Crippen LogP contribution in [0.4, 0.5) is 0 Å². The van der Waals surface area contributed by atoms with Gasteiger partial charge in [0.15, 0.2) is 5.75 Å². The number of hydrogen-bond acceptors (Lipinski definition) is 4. The molecule has 0 aliphatic heterocycles. The predicted octanol–water partition coefficient (Wildman–Crippen LogP) is 0.950. The van der Waals surface area contributed by atoms with Gasteiger partial charge in [0.25, 0.3) is 0 Å². The third-order valence-electron chi connectivity index (χ3n) is 1.04. The van der Waals surface area contributed by atoms with E-state index in [1.54, 1.807) is 0 Å². The van der Waals surface area contributed by atoms with Gasteiger partial charge in [0.2, 0.25) is 5.75 Å². The molecule has 4 heteroatoms. The van der Waals surface area contributed by atoms with Crippen LogP contribution in [0.25, 0.3) is 0 Å². The molecule has 0 amide bonds. The van der Waals surface area contributed by atoms with Crippen LogP contribution in [-0.4, -0.2) is 15.5 Å². The highest BCUT2D eigenvalue weighted by Gasteiger charge is 2.01. The lowest BCUT2D eigenvalue weighted by atomic mass is 10.3. The van der Waals surface area contributed by atoms with Crippen LogP contribution in [-0.2, 0) is 0 Å². The summed E-state index contributed by atoms with van der Waals surface area (Å²) in [6, 6.07) is 3.58. The van der Waals surface area contributed by atoms with E-state index in [0.717, 1.165) is 6.07 Å². The minimum absolute atomic E-state index is 0.0816. The Labute approximate surface area is 56.9 Å². The fourth-order valence-electron chi connectivity index (χ4n) is 0.576. The fourth-order valence-corrected chi connectivity index (χ4v) is 0.576. The lowest BCUT2D eigenvalue weighted by Crippen LogP contribution is -1.82. The molecule has 0 heterocycles. The zero-order chi connectivity index (χ0) is 7.56. The highest BCUT2D eigenvalue weighted by molar-refractivity contribution is 5.43. The van der Waals surface area contributed by atoms with E-state index in [9.17, 15) is 0 Å². The van der Waals surface area contributed by atoms with Crippen molar-refractivity contribution in [3.8, 4) is 17.2 Å². The maximum Gasteiger partial charge on any atom is 0.210 e. The summed E-state index contributed by atoms with van der Waals surface area (Å²) in [6.45, 7) is 0. The summed E-state index contributed by atoms with van der Waals surface area (Å²) in [5.41, 5.74) is 0. The van der Waals surface area contributed by atoms with Crippen molar-refractivity contribution in [3.63, 3.8) is 0 Å². The topological polar surface area (TPSA) is 69.9 Å². The first kappa shape index (κ1) is 6.70. The van der Waals surface area contributed by atoms with Crippen LogP contribution in [0.1, 0.15) is 0 Å². The number of phenolic OH excluding ortho intramolecular Hbond substituents is 2. The third-order valence-corrected chi connectivity index (χ3v) is 1.04. The summed E-state index contributed by atoms with van der Waals surface area (Å²) >= 11 is 0. The Balaban J connectivity index is 3.09. The standard InChI is InChI=1S/C6H6O4/c7-4-1-2-5(8)6(3-4)10-9/h1-3,7-9H. The summed E-state index contributed by atoms with van der Waals surface area (Å²) in [6.07, 6.45) is 0. The minimum Gasteiger partial charge on any atom is -0.508 e. The maximum absolute atomic E-state index is 8.84. The predicted molar refractivity (Wildman–Crippen MR) is 33.0 cm³/mol. The second kappa shape index (κ2) is 2.45. The van der Waals surface area contributed by atoms with Gasteiger partial charge in [0.1, 0.15) is 5.75 Å². The molecule has 0 fully saturated rings. The summed E-state index contributed by atoms with van der Waals surface area (Å²) in [7, 11) is 0. The van der Waals surface area contributed by atoms with Crippen LogP contribution < -0.4 is 4.89 Å². The second-order valence-corrected chi connectivity index (χ2v) is 1.74. The average Bonchev–Trinajstić information content (AvgIpc) is 1.94. The second-order valence-electron chi connectivity index (χ2n) is 1.74. The molecule has 0 radical (unpaired) electrons.